The second kappa shape index (κ2) is 4.88. The summed E-state index contributed by atoms with van der Waals surface area (Å²) in [5.74, 6) is 0. The summed E-state index contributed by atoms with van der Waals surface area (Å²) in [6, 6.07) is 0. The number of hydrogen-bond donors (Lipinski definition) is 1. The van der Waals surface area contributed by atoms with E-state index < -0.39 is 13.3 Å². The summed E-state index contributed by atoms with van der Waals surface area (Å²) in [6.45, 7) is 6.79. The Labute approximate surface area is 78.3 Å². The number of hydrogen-bond acceptors (Lipinski definition) is 1. The molecule has 0 radical (unpaired) electrons. The Hall–Kier alpha value is -0.0171. The molecule has 0 atom stereocenters. The van der Waals surface area contributed by atoms with E-state index in [1.807, 2.05) is 0 Å². The molecule has 1 N–H and O–H groups in total. The molecule has 0 saturated heterocycles. The van der Waals surface area contributed by atoms with Crippen LogP contribution in [0, 0.1) is 0 Å². The number of rotatable bonds is 2. The van der Waals surface area contributed by atoms with E-state index in [1.165, 1.54) is 10.5 Å². The normalized spacial score (nSPS) is 27.2. The Morgan fingerprint density at radius 3 is 2.00 bits per heavy atom. The van der Waals surface area contributed by atoms with Gasteiger partial charge < -0.3 is 0 Å². The van der Waals surface area contributed by atoms with Crippen molar-refractivity contribution in [2.24, 2.45) is 0 Å². The van der Waals surface area contributed by atoms with E-state index in [2.05, 4.69) is 41.1 Å². The van der Waals surface area contributed by atoms with E-state index in [-0.39, 0.29) is 0 Å². The third kappa shape index (κ3) is 2.49. The fourth-order valence-corrected chi connectivity index (χ4v) is 7.34. The van der Waals surface area contributed by atoms with Crippen LogP contribution in [-0.4, -0.2) is 26.4 Å². The molecule has 1 heterocycles. The Morgan fingerprint density at radius 2 is 1.58 bits per heavy atom. The van der Waals surface area contributed by atoms with Crippen molar-refractivity contribution in [2.45, 2.75) is 24.4 Å². The Kier molecular flexibility index (Phi) is 4.09. The van der Waals surface area contributed by atoms with Crippen LogP contribution in [0.1, 0.15) is 13.8 Å². The SMILES string of the molecule is C[CH2][Ge]1([CH2]C)/[CH]=C\CNC/C=[CH]\1. The summed E-state index contributed by atoms with van der Waals surface area (Å²) in [4.78, 5) is 5.06. The van der Waals surface area contributed by atoms with Crippen molar-refractivity contribution in [3.63, 3.8) is 0 Å². The van der Waals surface area contributed by atoms with Crippen LogP contribution in [0.2, 0.25) is 10.5 Å². The van der Waals surface area contributed by atoms with Gasteiger partial charge in [0.05, 0.1) is 0 Å². The maximum atomic E-state index is 3.33. The minimum absolute atomic E-state index is 1.05. The second-order valence-corrected chi connectivity index (χ2v) is 12.9. The molecule has 68 valence electrons. The molecule has 0 spiro atoms. The molecular formula is C10H19GeN. The number of nitrogens with one attached hydrogen (secondary N) is 1. The van der Waals surface area contributed by atoms with Crippen molar-refractivity contribution in [1.29, 1.82) is 0 Å². The van der Waals surface area contributed by atoms with E-state index >= 15 is 0 Å². The van der Waals surface area contributed by atoms with Gasteiger partial charge in [-0.05, 0) is 0 Å². The predicted octanol–water partition coefficient (Wildman–Crippen LogP) is 2.27. The quantitative estimate of drug-likeness (QED) is 0.712. The zero-order valence-electron chi connectivity index (χ0n) is 8.14. The summed E-state index contributed by atoms with van der Waals surface area (Å²) >= 11 is -1.62. The summed E-state index contributed by atoms with van der Waals surface area (Å²) in [5, 5.41) is 6.11. The average Bonchev–Trinajstić information content (AvgIpc) is 2.06. The molecular weight excluding hydrogens is 207 g/mol. The maximum absolute atomic E-state index is 3.33. The van der Waals surface area contributed by atoms with Crippen LogP contribution in [0.5, 0.6) is 0 Å². The molecule has 0 amide bonds. The van der Waals surface area contributed by atoms with Gasteiger partial charge in [-0.3, -0.25) is 0 Å². The van der Waals surface area contributed by atoms with Crippen LogP contribution in [-0.2, 0) is 0 Å². The fraction of sp³-hybridized carbons (Fsp3) is 0.600. The molecule has 0 aliphatic carbocycles. The second-order valence-electron chi connectivity index (χ2n) is 3.40. The van der Waals surface area contributed by atoms with Crippen molar-refractivity contribution in [2.75, 3.05) is 13.1 Å². The van der Waals surface area contributed by atoms with Crippen molar-refractivity contribution >= 4 is 13.3 Å². The van der Waals surface area contributed by atoms with Gasteiger partial charge >= 0.3 is 78.0 Å². The van der Waals surface area contributed by atoms with Gasteiger partial charge in [0, 0.05) is 0 Å². The molecule has 12 heavy (non-hydrogen) atoms. The van der Waals surface area contributed by atoms with Crippen molar-refractivity contribution < 1.29 is 0 Å². The third-order valence-electron chi connectivity index (χ3n) is 2.74. The van der Waals surface area contributed by atoms with Gasteiger partial charge in [0.1, 0.15) is 0 Å². The van der Waals surface area contributed by atoms with E-state index in [9.17, 15) is 0 Å². The Bertz CT molecular complexity index is 164. The molecule has 1 nitrogen and oxygen atoms in total. The summed E-state index contributed by atoms with van der Waals surface area (Å²) in [7, 11) is 0. The zero-order valence-corrected chi connectivity index (χ0v) is 10.2. The Balaban J connectivity index is 2.74. The fourth-order valence-electron chi connectivity index (χ4n) is 1.61. The van der Waals surface area contributed by atoms with Crippen LogP contribution < -0.4 is 5.32 Å². The van der Waals surface area contributed by atoms with Crippen molar-refractivity contribution in [3.05, 3.63) is 22.0 Å². The Morgan fingerprint density at radius 1 is 1.08 bits per heavy atom. The first-order valence-corrected chi connectivity index (χ1v) is 10.3. The van der Waals surface area contributed by atoms with Gasteiger partial charge in [0.25, 0.3) is 0 Å². The third-order valence-corrected chi connectivity index (χ3v) is 12.0. The first-order valence-electron chi connectivity index (χ1n) is 4.89. The van der Waals surface area contributed by atoms with Gasteiger partial charge in [-0.15, -0.1) is 0 Å². The molecule has 0 unspecified atom stereocenters. The monoisotopic (exact) mass is 227 g/mol. The van der Waals surface area contributed by atoms with E-state index in [4.69, 9.17) is 0 Å². The van der Waals surface area contributed by atoms with Gasteiger partial charge in [-0.25, -0.2) is 0 Å². The zero-order chi connectivity index (χ0) is 8.86. The molecule has 0 aromatic heterocycles. The van der Waals surface area contributed by atoms with Crippen LogP contribution >= 0.6 is 0 Å². The minimum atomic E-state index is -1.62. The van der Waals surface area contributed by atoms with Crippen LogP contribution in [0.25, 0.3) is 0 Å². The molecule has 1 aliphatic rings. The molecule has 1 aliphatic heterocycles. The van der Waals surface area contributed by atoms with E-state index in [0.717, 1.165) is 13.1 Å². The average molecular weight is 226 g/mol. The summed E-state index contributed by atoms with van der Waals surface area (Å²) in [6.07, 6.45) is 4.66. The molecule has 0 aromatic carbocycles. The van der Waals surface area contributed by atoms with E-state index in [1.54, 1.807) is 0 Å². The van der Waals surface area contributed by atoms with E-state index in [0.29, 0.717) is 0 Å². The first-order chi connectivity index (χ1) is 5.83. The molecule has 0 saturated carbocycles. The standard InChI is InChI=1S/C10H19GeN/c1-3-11(4-2)7-5-9-12-10-6-8-11/h5-8,12H,3-4,9-10H2,1-2H3/b7-5-,8-6-. The van der Waals surface area contributed by atoms with Gasteiger partial charge in [0.2, 0.25) is 0 Å². The molecule has 2 heteroatoms. The molecule has 0 aromatic rings. The van der Waals surface area contributed by atoms with Crippen molar-refractivity contribution in [3.8, 4) is 0 Å². The van der Waals surface area contributed by atoms with Crippen LogP contribution in [0.15, 0.2) is 22.0 Å². The summed E-state index contributed by atoms with van der Waals surface area (Å²) in [5.41, 5.74) is 0. The van der Waals surface area contributed by atoms with Crippen LogP contribution in [0.4, 0.5) is 0 Å². The molecule has 0 bridgehead atoms. The van der Waals surface area contributed by atoms with Gasteiger partial charge in [-0.2, -0.15) is 0 Å². The molecule has 0 fully saturated rings. The van der Waals surface area contributed by atoms with Crippen LogP contribution in [0.3, 0.4) is 0 Å². The molecule has 1 rings (SSSR count). The van der Waals surface area contributed by atoms with Gasteiger partial charge in [0.15, 0.2) is 0 Å². The van der Waals surface area contributed by atoms with Crippen molar-refractivity contribution in [1.82, 2.24) is 5.32 Å². The first kappa shape index (κ1) is 10.1. The topological polar surface area (TPSA) is 12.0 Å². The predicted molar refractivity (Wildman–Crippen MR) is 57.9 cm³/mol. The summed E-state index contributed by atoms with van der Waals surface area (Å²) < 4.78 is 0. The van der Waals surface area contributed by atoms with Gasteiger partial charge in [-0.1, -0.05) is 0 Å².